The summed E-state index contributed by atoms with van der Waals surface area (Å²) in [5, 5.41) is 5.74. The van der Waals surface area contributed by atoms with Crippen molar-refractivity contribution in [2.45, 2.75) is 11.0 Å². The van der Waals surface area contributed by atoms with E-state index in [0.717, 1.165) is 16.7 Å². The molecule has 0 radical (unpaired) electrons. The molecule has 0 bridgehead atoms. The smallest absolute Gasteiger partial charge is 0.465 e. The number of aromatic nitrogens is 2. The second-order valence-electron chi connectivity index (χ2n) is 10.6. The number of sulfonamides is 1. The first-order valence-corrected chi connectivity index (χ1v) is 15.6. The molecule has 4 aromatic carbocycles. The molecule has 0 amide bonds. The van der Waals surface area contributed by atoms with E-state index in [1.54, 1.807) is 23.1 Å². The number of piperazine rings is 1. The molecule has 0 N–H and O–H groups in total. The van der Waals surface area contributed by atoms with Gasteiger partial charge >= 0.3 is 21.5 Å². The van der Waals surface area contributed by atoms with Crippen LogP contribution in [0, 0.1) is 0 Å². The Hall–Kier alpha value is -4.68. The third-order valence-corrected chi connectivity index (χ3v) is 9.77. The summed E-state index contributed by atoms with van der Waals surface area (Å²) in [5.74, 6) is -0.149. The van der Waals surface area contributed by atoms with Crippen molar-refractivity contribution in [2.75, 3.05) is 38.2 Å². The summed E-state index contributed by atoms with van der Waals surface area (Å²) >= 11 is 0. The van der Waals surface area contributed by atoms with Gasteiger partial charge in [0.25, 0.3) is 0 Å². The summed E-state index contributed by atoms with van der Waals surface area (Å²) in [5.41, 5.74) is -2.79. The van der Waals surface area contributed by atoms with Gasteiger partial charge in [0.2, 0.25) is 0 Å². The van der Waals surface area contributed by atoms with Crippen molar-refractivity contribution in [2.24, 2.45) is 0 Å². The predicted octanol–water partition coefficient (Wildman–Crippen LogP) is 5.63. The van der Waals surface area contributed by atoms with Gasteiger partial charge in [-0.3, -0.25) is 0 Å². The van der Waals surface area contributed by atoms with Crippen LogP contribution in [0.3, 0.4) is 0 Å². The van der Waals surface area contributed by atoms with E-state index in [-0.39, 0.29) is 31.7 Å². The molecule has 5 aromatic rings. The van der Waals surface area contributed by atoms with Gasteiger partial charge in [0.05, 0.1) is 18.2 Å². The lowest BCUT2D eigenvalue weighted by atomic mass is 9.77. The minimum absolute atomic E-state index is 0.0428. The average molecular weight is 635 g/mol. The van der Waals surface area contributed by atoms with Crippen molar-refractivity contribution in [3.63, 3.8) is 0 Å². The Morgan fingerprint density at radius 1 is 0.756 bits per heavy atom. The lowest BCUT2D eigenvalue weighted by molar-refractivity contribution is -0.0490. The minimum atomic E-state index is -5.48. The lowest BCUT2D eigenvalue weighted by Gasteiger charge is -2.37. The summed E-state index contributed by atoms with van der Waals surface area (Å²) in [6.45, 7) is -0.847. The summed E-state index contributed by atoms with van der Waals surface area (Å²) in [6.07, 6.45) is 0. The number of methoxy groups -OCH3 is 1. The Morgan fingerprint density at radius 2 is 1.24 bits per heavy atom. The Labute approximate surface area is 258 Å². The van der Waals surface area contributed by atoms with Crippen LogP contribution >= 0.6 is 0 Å². The zero-order valence-electron chi connectivity index (χ0n) is 24.2. The summed E-state index contributed by atoms with van der Waals surface area (Å²) in [6, 6.07) is 34.6. The van der Waals surface area contributed by atoms with Gasteiger partial charge in [0.15, 0.2) is 5.82 Å². The number of nitrogens with zero attached hydrogens (tertiary/aromatic N) is 4. The van der Waals surface area contributed by atoms with Crippen LogP contribution in [0.15, 0.2) is 109 Å². The SMILES string of the molecule is COC(=O)c1ccc2c(c1)c(N1CCN(S(=O)(=O)C(F)(F)F)CC1)nn2C(c1ccccc1)(c1ccccc1)c1ccccc1. The monoisotopic (exact) mass is 634 g/mol. The quantitative estimate of drug-likeness (QED) is 0.170. The van der Waals surface area contributed by atoms with Crippen LogP contribution in [0.25, 0.3) is 10.9 Å². The fraction of sp³-hybridized carbons (Fsp3) is 0.212. The number of alkyl halides is 3. The van der Waals surface area contributed by atoms with Crippen LogP contribution in [-0.2, 0) is 20.3 Å². The average Bonchev–Trinajstić information content (AvgIpc) is 3.45. The van der Waals surface area contributed by atoms with Gasteiger partial charge in [0, 0.05) is 31.6 Å². The van der Waals surface area contributed by atoms with Crippen molar-refractivity contribution in [1.29, 1.82) is 0 Å². The van der Waals surface area contributed by atoms with Gasteiger partial charge in [-0.2, -0.15) is 22.6 Å². The minimum Gasteiger partial charge on any atom is -0.465 e. The van der Waals surface area contributed by atoms with Gasteiger partial charge in [-0.25, -0.2) is 17.9 Å². The maximum atomic E-state index is 13.3. The molecule has 45 heavy (non-hydrogen) atoms. The van der Waals surface area contributed by atoms with E-state index >= 15 is 0 Å². The van der Waals surface area contributed by atoms with Gasteiger partial charge in [-0.15, -0.1) is 0 Å². The normalized spacial score (nSPS) is 14.9. The molecule has 6 rings (SSSR count). The van der Waals surface area contributed by atoms with Crippen LogP contribution in [0.2, 0.25) is 0 Å². The van der Waals surface area contributed by atoms with Crippen LogP contribution in [0.1, 0.15) is 27.0 Å². The third kappa shape index (κ3) is 5.13. The fourth-order valence-electron chi connectivity index (χ4n) is 6.03. The first kappa shape index (κ1) is 30.4. The van der Waals surface area contributed by atoms with Crippen LogP contribution in [-0.4, -0.2) is 67.3 Å². The number of hydrogen-bond donors (Lipinski definition) is 0. The first-order valence-electron chi connectivity index (χ1n) is 14.2. The molecule has 12 heteroatoms. The van der Waals surface area contributed by atoms with Crippen molar-refractivity contribution < 1.29 is 31.1 Å². The first-order chi connectivity index (χ1) is 21.6. The zero-order valence-corrected chi connectivity index (χ0v) is 25.0. The van der Waals surface area contributed by atoms with E-state index in [2.05, 4.69) is 0 Å². The highest BCUT2D eigenvalue weighted by Crippen LogP contribution is 2.44. The molecule has 0 atom stereocenters. The van der Waals surface area contributed by atoms with Crippen LogP contribution < -0.4 is 4.90 Å². The molecule has 0 unspecified atom stereocenters. The van der Waals surface area contributed by atoms with Gasteiger partial charge < -0.3 is 9.64 Å². The number of carbonyl (C=O) groups excluding carboxylic acids is 1. The highest BCUT2D eigenvalue weighted by atomic mass is 32.2. The number of rotatable bonds is 7. The second kappa shape index (κ2) is 11.7. The second-order valence-corrected chi connectivity index (χ2v) is 12.5. The third-order valence-electron chi connectivity index (χ3n) is 8.14. The summed E-state index contributed by atoms with van der Waals surface area (Å²) in [7, 11) is -4.20. The van der Waals surface area contributed by atoms with Gasteiger partial charge in [-0.05, 0) is 34.9 Å². The molecule has 1 aliphatic rings. The fourth-order valence-corrected chi connectivity index (χ4v) is 6.96. The largest absolute Gasteiger partial charge is 0.511 e. The predicted molar refractivity (Wildman–Crippen MR) is 164 cm³/mol. The molecule has 1 aliphatic heterocycles. The lowest BCUT2D eigenvalue weighted by Crippen LogP contribution is -2.52. The van der Waals surface area contributed by atoms with E-state index in [9.17, 15) is 26.4 Å². The number of anilines is 1. The number of fused-ring (bicyclic) bond motifs is 1. The number of hydrogen-bond acceptors (Lipinski definition) is 6. The van der Waals surface area contributed by atoms with Gasteiger partial charge in [-0.1, -0.05) is 91.0 Å². The summed E-state index contributed by atoms with van der Waals surface area (Å²) < 4.78 is 71.5. The maximum absolute atomic E-state index is 13.3. The molecular weight excluding hydrogens is 605 g/mol. The molecule has 2 heterocycles. The Kier molecular flexibility index (Phi) is 7.88. The Bertz CT molecular complexity index is 1830. The number of esters is 1. The number of benzene rings is 4. The van der Waals surface area contributed by atoms with E-state index < -0.39 is 27.0 Å². The number of ether oxygens (including phenoxy) is 1. The van der Waals surface area contributed by atoms with E-state index in [1.807, 2.05) is 95.7 Å². The molecule has 0 spiro atoms. The van der Waals surface area contributed by atoms with Crippen molar-refractivity contribution in [3.05, 3.63) is 131 Å². The number of halogens is 3. The molecule has 0 aliphatic carbocycles. The zero-order chi connectivity index (χ0) is 31.8. The van der Waals surface area contributed by atoms with Crippen molar-refractivity contribution in [1.82, 2.24) is 14.1 Å². The molecule has 0 saturated carbocycles. The molecule has 1 fully saturated rings. The molecular formula is C33H29F3N4O4S. The standard InChI is InChI=1S/C33H29F3N4O4S/c1-44-31(41)24-17-18-29-28(23-24)30(38-19-21-39(22-20-38)45(42,43)33(34,35)36)37-40(29)32(25-11-5-2-6-12-25,26-13-7-3-8-14-26)27-15-9-4-10-16-27/h2-18,23H,19-22H2,1H3. The van der Waals surface area contributed by atoms with Crippen LogP contribution in [0.4, 0.5) is 19.0 Å². The maximum Gasteiger partial charge on any atom is 0.511 e. The Morgan fingerprint density at radius 3 is 1.69 bits per heavy atom. The van der Waals surface area contributed by atoms with Gasteiger partial charge in [0.1, 0.15) is 5.54 Å². The van der Waals surface area contributed by atoms with Crippen molar-refractivity contribution in [3.8, 4) is 0 Å². The van der Waals surface area contributed by atoms with E-state index in [4.69, 9.17) is 9.84 Å². The highest BCUT2D eigenvalue weighted by Gasteiger charge is 2.50. The van der Waals surface area contributed by atoms with Crippen LogP contribution in [0.5, 0.6) is 0 Å². The van der Waals surface area contributed by atoms with Crippen molar-refractivity contribution >= 4 is 32.7 Å². The molecule has 1 saturated heterocycles. The molecule has 232 valence electrons. The molecule has 1 aromatic heterocycles. The van der Waals surface area contributed by atoms with E-state index in [1.165, 1.54) is 7.11 Å². The topological polar surface area (TPSA) is 84.7 Å². The highest BCUT2D eigenvalue weighted by molar-refractivity contribution is 7.90. The van der Waals surface area contributed by atoms with E-state index in [0.29, 0.717) is 21.0 Å². The Balaban J connectivity index is 1.61. The number of carbonyl (C=O) groups is 1. The molecule has 8 nitrogen and oxygen atoms in total. The summed E-state index contributed by atoms with van der Waals surface area (Å²) in [4.78, 5) is 14.4.